The summed E-state index contributed by atoms with van der Waals surface area (Å²) in [6.45, 7) is 3.74. The van der Waals surface area contributed by atoms with Crippen LogP contribution in [-0.2, 0) is 9.84 Å². The summed E-state index contributed by atoms with van der Waals surface area (Å²) >= 11 is 1.02. The first kappa shape index (κ1) is 19.8. The molecule has 10 heteroatoms. The number of hydrogen-bond acceptors (Lipinski definition) is 6. The molecule has 1 aromatic carbocycles. The normalized spacial score (nSPS) is 23.8. The maximum atomic E-state index is 13.1. The molecule has 3 heterocycles. The van der Waals surface area contributed by atoms with Crippen LogP contribution >= 0.6 is 11.8 Å². The fourth-order valence-electron chi connectivity index (χ4n) is 3.50. The Hall–Kier alpha value is -2.46. The number of benzene rings is 1. The van der Waals surface area contributed by atoms with Crippen molar-refractivity contribution < 1.29 is 17.6 Å². The summed E-state index contributed by atoms with van der Waals surface area (Å²) in [5.74, 6) is 0.301. The number of aliphatic imine (C=N–C) groups is 1. The molecule has 2 aliphatic rings. The number of sulfone groups is 1. The molecule has 0 spiro atoms. The van der Waals surface area contributed by atoms with E-state index in [0.717, 1.165) is 28.7 Å². The molecule has 1 unspecified atom stereocenters. The number of amides is 1. The molecule has 152 valence electrons. The number of nitrogens with one attached hydrogen (secondary N) is 1. The van der Waals surface area contributed by atoms with Crippen LogP contribution in [0.5, 0.6) is 0 Å². The fraction of sp³-hybridized carbons (Fsp3) is 0.316. The first-order valence-electron chi connectivity index (χ1n) is 9.03. The average Bonchev–Trinajstić information content (AvgIpc) is 3.28. The van der Waals surface area contributed by atoms with Crippen molar-refractivity contribution in [3.05, 3.63) is 51.9 Å². The fourth-order valence-corrected chi connectivity index (χ4v) is 5.91. The molecule has 2 aliphatic heterocycles. The zero-order valence-corrected chi connectivity index (χ0v) is 17.5. The topological polar surface area (TPSA) is 93.4 Å². The van der Waals surface area contributed by atoms with E-state index in [9.17, 15) is 17.6 Å². The molecule has 7 nitrogen and oxygen atoms in total. The van der Waals surface area contributed by atoms with Crippen molar-refractivity contribution in [3.8, 4) is 0 Å². The van der Waals surface area contributed by atoms with Crippen LogP contribution in [0.2, 0.25) is 0 Å². The van der Waals surface area contributed by atoms with Gasteiger partial charge < -0.3 is 5.32 Å². The Bertz CT molecular complexity index is 1150. The van der Waals surface area contributed by atoms with Gasteiger partial charge in [0, 0.05) is 11.3 Å². The van der Waals surface area contributed by atoms with Gasteiger partial charge >= 0.3 is 0 Å². The van der Waals surface area contributed by atoms with E-state index in [0.29, 0.717) is 22.8 Å². The van der Waals surface area contributed by atoms with Gasteiger partial charge in [-0.25, -0.2) is 17.8 Å². The van der Waals surface area contributed by atoms with Gasteiger partial charge in [0.1, 0.15) is 11.7 Å². The number of hydrogen-bond donors (Lipinski definition) is 1. The summed E-state index contributed by atoms with van der Waals surface area (Å²) in [5.41, 5.74) is 2.95. The van der Waals surface area contributed by atoms with E-state index in [2.05, 4.69) is 15.4 Å². The number of carbonyl (C=O) groups excluding carboxylic acids is 1. The average molecular weight is 435 g/mol. The number of aromatic nitrogens is 2. The molecule has 1 amide bonds. The lowest BCUT2D eigenvalue weighted by Gasteiger charge is -2.11. The van der Waals surface area contributed by atoms with Crippen LogP contribution in [0, 0.1) is 19.7 Å². The second-order valence-electron chi connectivity index (χ2n) is 7.05. The van der Waals surface area contributed by atoms with Gasteiger partial charge in [0.25, 0.3) is 5.24 Å². The van der Waals surface area contributed by atoms with Crippen LogP contribution < -0.4 is 5.32 Å². The molecule has 2 fully saturated rings. The van der Waals surface area contributed by atoms with Gasteiger partial charge in [-0.2, -0.15) is 5.10 Å². The molecule has 2 aromatic rings. The largest absolute Gasteiger partial charge is 0.300 e. The Morgan fingerprint density at radius 3 is 2.69 bits per heavy atom. The van der Waals surface area contributed by atoms with E-state index in [4.69, 9.17) is 0 Å². The Morgan fingerprint density at radius 2 is 2.03 bits per heavy atom. The lowest BCUT2D eigenvalue weighted by atomic mass is 10.1. The van der Waals surface area contributed by atoms with Gasteiger partial charge in [-0.1, -0.05) is 0 Å². The van der Waals surface area contributed by atoms with Gasteiger partial charge in [-0.3, -0.25) is 9.48 Å². The molecular weight excluding hydrogens is 415 g/mol. The monoisotopic (exact) mass is 434 g/mol. The van der Waals surface area contributed by atoms with E-state index < -0.39 is 9.84 Å². The molecule has 0 radical (unpaired) electrons. The van der Waals surface area contributed by atoms with E-state index in [1.165, 1.54) is 24.3 Å². The zero-order valence-electron chi connectivity index (χ0n) is 15.8. The standard InChI is InChI=1S/C19H19FN4O3S2/c1-11-16(12(2)24(23-11)15-7-8-29(26,27)10-15)9-17-18(22-19(25)28-17)21-14-5-3-13(20)4-6-14/h3-6,9,15H,7-8,10H2,1-2H3,(H,21,22,25)/b17-9-. The maximum absolute atomic E-state index is 13.1. The minimum absolute atomic E-state index is 0.0943. The Balaban J connectivity index is 1.69. The smallest absolute Gasteiger partial charge is 0.289 e. The van der Waals surface area contributed by atoms with E-state index in [1.54, 1.807) is 4.68 Å². The minimum Gasteiger partial charge on any atom is -0.300 e. The Morgan fingerprint density at radius 1 is 1.31 bits per heavy atom. The summed E-state index contributed by atoms with van der Waals surface area (Å²) in [7, 11) is -3.02. The number of amidine groups is 1. The molecule has 1 aromatic heterocycles. The highest BCUT2D eigenvalue weighted by atomic mass is 32.2. The summed E-state index contributed by atoms with van der Waals surface area (Å²) in [6.07, 6.45) is 2.38. The van der Waals surface area contributed by atoms with Gasteiger partial charge in [0.15, 0.2) is 9.84 Å². The predicted octanol–water partition coefficient (Wildman–Crippen LogP) is 3.53. The van der Waals surface area contributed by atoms with Crippen molar-refractivity contribution >= 4 is 44.4 Å². The summed E-state index contributed by atoms with van der Waals surface area (Å²) < 4.78 is 38.5. The lowest BCUT2D eigenvalue weighted by molar-refractivity contribution is 0.265. The number of thioether (sulfide) groups is 1. The zero-order chi connectivity index (χ0) is 20.8. The molecule has 0 saturated carbocycles. The Labute approximate surface area is 172 Å². The number of rotatable bonds is 3. The number of aryl methyl sites for hydroxylation is 1. The predicted molar refractivity (Wildman–Crippen MR) is 112 cm³/mol. The minimum atomic E-state index is -3.02. The van der Waals surface area contributed by atoms with Crippen LogP contribution in [-0.4, -0.2) is 40.8 Å². The molecule has 1 atom stereocenters. The highest BCUT2D eigenvalue weighted by Gasteiger charge is 2.32. The first-order chi connectivity index (χ1) is 13.7. The van der Waals surface area contributed by atoms with Crippen LogP contribution in [0.15, 0.2) is 34.2 Å². The second kappa shape index (κ2) is 7.42. The van der Waals surface area contributed by atoms with E-state index in [1.807, 2.05) is 19.9 Å². The van der Waals surface area contributed by atoms with Crippen LogP contribution in [0.3, 0.4) is 0 Å². The van der Waals surface area contributed by atoms with Crippen molar-refractivity contribution in [2.75, 3.05) is 11.5 Å². The van der Waals surface area contributed by atoms with Gasteiger partial charge in [-0.05, 0) is 62.4 Å². The summed E-state index contributed by atoms with van der Waals surface area (Å²) in [6, 6.07) is 5.50. The lowest BCUT2D eigenvalue weighted by Crippen LogP contribution is -2.18. The molecular formula is C19H19FN4O3S2. The van der Waals surface area contributed by atoms with Crippen LogP contribution in [0.1, 0.15) is 29.4 Å². The third-order valence-corrected chi connectivity index (χ3v) is 7.50. The molecule has 29 heavy (non-hydrogen) atoms. The van der Waals surface area contributed by atoms with Crippen LogP contribution in [0.25, 0.3) is 6.08 Å². The highest BCUT2D eigenvalue weighted by molar-refractivity contribution is 8.18. The Kier molecular flexibility index (Phi) is 5.07. The summed E-state index contributed by atoms with van der Waals surface area (Å²) in [5, 5.41) is 7.00. The van der Waals surface area contributed by atoms with E-state index >= 15 is 0 Å². The number of halogens is 1. The third-order valence-electron chi connectivity index (χ3n) is 4.93. The van der Waals surface area contributed by atoms with Crippen molar-refractivity contribution in [2.24, 2.45) is 4.99 Å². The van der Waals surface area contributed by atoms with Gasteiger partial charge in [0.2, 0.25) is 0 Å². The van der Waals surface area contributed by atoms with Crippen molar-refractivity contribution in [2.45, 2.75) is 26.3 Å². The van der Waals surface area contributed by atoms with Crippen LogP contribution in [0.4, 0.5) is 14.9 Å². The van der Waals surface area contributed by atoms with Crippen molar-refractivity contribution in [1.29, 1.82) is 0 Å². The summed E-state index contributed by atoms with van der Waals surface area (Å²) in [4.78, 5) is 17.0. The number of carbonyl (C=O) groups is 1. The van der Waals surface area contributed by atoms with E-state index in [-0.39, 0.29) is 28.6 Å². The number of nitrogens with zero attached hydrogens (tertiary/aromatic N) is 3. The first-order valence-corrected chi connectivity index (χ1v) is 11.7. The van der Waals surface area contributed by atoms with Gasteiger partial charge in [-0.15, -0.1) is 0 Å². The van der Waals surface area contributed by atoms with Gasteiger partial charge in [0.05, 0.1) is 33.8 Å². The molecule has 0 bridgehead atoms. The quantitative estimate of drug-likeness (QED) is 0.798. The SMILES string of the molecule is Cc1nn(C2CCS(=O)(=O)C2)c(C)c1/C=C1\SC(=O)NC1=Nc1ccc(F)cc1. The molecule has 1 N–H and O–H groups in total. The molecule has 0 aliphatic carbocycles. The third kappa shape index (κ3) is 4.13. The maximum Gasteiger partial charge on any atom is 0.289 e. The van der Waals surface area contributed by atoms with Crippen molar-refractivity contribution in [3.63, 3.8) is 0 Å². The van der Waals surface area contributed by atoms with Crippen molar-refractivity contribution in [1.82, 2.24) is 15.1 Å². The molecule has 2 saturated heterocycles. The highest BCUT2D eigenvalue weighted by Crippen LogP contribution is 2.32. The molecule has 4 rings (SSSR count). The second-order valence-corrected chi connectivity index (χ2v) is 10.3.